The van der Waals surface area contributed by atoms with Gasteiger partial charge in [-0.2, -0.15) is 0 Å². The molecular weight excluding hydrogens is 497 g/mol. The Balaban J connectivity index is 0.00000450. The molecule has 2 aromatic rings. The molecule has 0 unspecified atom stereocenters. The number of guanidine groups is 1. The third-order valence-electron chi connectivity index (χ3n) is 4.40. The monoisotopic (exact) mass is 529 g/mol. The van der Waals surface area contributed by atoms with Gasteiger partial charge in [-0.1, -0.05) is 19.0 Å². The minimum Gasteiger partial charge on any atom is -0.497 e. The Labute approximate surface area is 195 Å². The number of rotatable bonds is 10. The van der Waals surface area contributed by atoms with Gasteiger partial charge in [0, 0.05) is 37.2 Å². The van der Waals surface area contributed by atoms with E-state index < -0.39 is 0 Å². The van der Waals surface area contributed by atoms with Gasteiger partial charge in [-0.3, -0.25) is 4.79 Å². The maximum absolute atomic E-state index is 12.2. The number of aryl methyl sites for hydroxylation is 2. The van der Waals surface area contributed by atoms with Gasteiger partial charge in [0.2, 0.25) is 0 Å². The first-order valence-electron chi connectivity index (χ1n) is 10.0. The van der Waals surface area contributed by atoms with E-state index in [0.29, 0.717) is 31.2 Å². The van der Waals surface area contributed by atoms with Crippen LogP contribution in [0.15, 0.2) is 33.8 Å². The van der Waals surface area contributed by atoms with Crippen molar-refractivity contribution < 1.29 is 14.1 Å². The number of amides is 1. The van der Waals surface area contributed by atoms with Gasteiger partial charge >= 0.3 is 0 Å². The molecule has 0 bridgehead atoms. The molecule has 30 heavy (non-hydrogen) atoms. The van der Waals surface area contributed by atoms with E-state index in [1.54, 1.807) is 31.4 Å². The lowest BCUT2D eigenvalue weighted by Gasteiger charge is -2.12. The standard InChI is InChI=1S/C21H31N5O3.HI/c1-5-18-17(19(6-2)29-26-18)14-25-21(22-7-3)24-13-12-23-20(27)15-8-10-16(28-4)11-9-15;/h8-11H,5-7,12-14H2,1-4H3,(H,23,27)(H2,22,24,25);1H. The molecular formula is C21H32IN5O3. The second kappa shape index (κ2) is 13.8. The first-order chi connectivity index (χ1) is 14.1. The summed E-state index contributed by atoms with van der Waals surface area (Å²) in [6.45, 7) is 8.39. The van der Waals surface area contributed by atoms with E-state index in [9.17, 15) is 4.79 Å². The fraction of sp³-hybridized carbons (Fsp3) is 0.476. The maximum Gasteiger partial charge on any atom is 0.251 e. The zero-order valence-corrected chi connectivity index (χ0v) is 20.4. The normalized spacial score (nSPS) is 10.9. The number of aromatic nitrogens is 1. The molecule has 1 aromatic heterocycles. The van der Waals surface area contributed by atoms with Gasteiger partial charge < -0.3 is 25.2 Å². The largest absolute Gasteiger partial charge is 0.497 e. The number of carbonyl (C=O) groups excluding carboxylic acids is 1. The van der Waals surface area contributed by atoms with E-state index in [-0.39, 0.29) is 29.9 Å². The summed E-state index contributed by atoms with van der Waals surface area (Å²) in [6, 6.07) is 7.01. The Morgan fingerprint density at radius 1 is 1.07 bits per heavy atom. The molecule has 0 saturated carbocycles. The molecule has 0 spiro atoms. The fourth-order valence-electron chi connectivity index (χ4n) is 2.82. The Bertz CT molecular complexity index is 784. The highest BCUT2D eigenvalue weighted by atomic mass is 127. The van der Waals surface area contributed by atoms with Gasteiger partial charge in [-0.15, -0.1) is 24.0 Å². The molecule has 0 saturated heterocycles. The summed E-state index contributed by atoms with van der Waals surface area (Å²) in [7, 11) is 1.60. The molecule has 8 nitrogen and oxygen atoms in total. The average Bonchev–Trinajstić information content (AvgIpc) is 3.16. The molecule has 0 fully saturated rings. The summed E-state index contributed by atoms with van der Waals surface area (Å²) in [5.74, 6) is 2.17. The third kappa shape index (κ3) is 7.51. The van der Waals surface area contributed by atoms with Gasteiger partial charge in [0.1, 0.15) is 11.5 Å². The molecule has 1 amide bonds. The van der Waals surface area contributed by atoms with Crippen molar-refractivity contribution in [3.8, 4) is 5.75 Å². The number of halogens is 1. The van der Waals surface area contributed by atoms with Gasteiger partial charge in [-0.25, -0.2) is 4.99 Å². The number of ether oxygens (including phenoxy) is 1. The van der Waals surface area contributed by atoms with Crippen molar-refractivity contribution in [2.75, 3.05) is 26.7 Å². The molecule has 0 aliphatic carbocycles. The molecule has 0 atom stereocenters. The zero-order valence-electron chi connectivity index (χ0n) is 18.1. The summed E-state index contributed by atoms with van der Waals surface area (Å²) in [5.41, 5.74) is 2.60. The predicted octanol–water partition coefficient (Wildman–Crippen LogP) is 2.91. The van der Waals surface area contributed by atoms with E-state index in [2.05, 4.69) is 33.0 Å². The topological polar surface area (TPSA) is 101 Å². The minimum absolute atomic E-state index is 0. The van der Waals surface area contributed by atoms with Crippen molar-refractivity contribution in [2.45, 2.75) is 40.2 Å². The van der Waals surface area contributed by atoms with E-state index >= 15 is 0 Å². The summed E-state index contributed by atoms with van der Waals surface area (Å²) >= 11 is 0. The molecule has 0 aliphatic rings. The summed E-state index contributed by atoms with van der Waals surface area (Å²) in [5, 5.41) is 13.5. The summed E-state index contributed by atoms with van der Waals surface area (Å²) in [4.78, 5) is 16.8. The maximum atomic E-state index is 12.2. The van der Waals surface area contributed by atoms with Crippen LogP contribution in [0.2, 0.25) is 0 Å². The van der Waals surface area contributed by atoms with E-state index in [1.165, 1.54) is 0 Å². The highest BCUT2D eigenvalue weighted by Crippen LogP contribution is 2.16. The van der Waals surface area contributed by atoms with Crippen LogP contribution in [0.3, 0.4) is 0 Å². The van der Waals surface area contributed by atoms with Crippen LogP contribution in [0.25, 0.3) is 0 Å². The Morgan fingerprint density at radius 2 is 1.77 bits per heavy atom. The van der Waals surface area contributed by atoms with Crippen LogP contribution in [0.5, 0.6) is 5.75 Å². The number of methoxy groups -OCH3 is 1. The lowest BCUT2D eigenvalue weighted by molar-refractivity contribution is 0.0954. The smallest absolute Gasteiger partial charge is 0.251 e. The van der Waals surface area contributed by atoms with Gasteiger partial charge in [0.25, 0.3) is 5.91 Å². The number of benzene rings is 1. The van der Waals surface area contributed by atoms with Crippen molar-refractivity contribution in [3.63, 3.8) is 0 Å². The SMILES string of the molecule is CCNC(=NCc1c(CC)noc1CC)NCCNC(=O)c1ccc(OC)cc1.I. The van der Waals surface area contributed by atoms with E-state index in [0.717, 1.165) is 42.2 Å². The number of carbonyl (C=O) groups is 1. The van der Waals surface area contributed by atoms with E-state index in [4.69, 9.17) is 9.26 Å². The lowest BCUT2D eigenvalue weighted by atomic mass is 10.1. The predicted molar refractivity (Wildman–Crippen MR) is 129 cm³/mol. The quantitative estimate of drug-likeness (QED) is 0.190. The van der Waals surface area contributed by atoms with Crippen LogP contribution in [-0.2, 0) is 19.4 Å². The van der Waals surface area contributed by atoms with Crippen LogP contribution in [0.1, 0.15) is 48.1 Å². The van der Waals surface area contributed by atoms with Gasteiger partial charge in [0.15, 0.2) is 5.96 Å². The third-order valence-corrected chi connectivity index (χ3v) is 4.40. The summed E-state index contributed by atoms with van der Waals surface area (Å²) in [6.07, 6.45) is 1.61. The second-order valence-corrected chi connectivity index (χ2v) is 6.34. The first kappa shape index (κ1) is 25.7. The Hall–Kier alpha value is -2.30. The Kier molecular flexibility index (Phi) is 11.9. The van der Waals surface area contributed by atoms with Crippen molar-refractivity contribution in [1.29, 1.82) is 0 Å². The fourth-order valence-corrected chi connectivity index (χ4v) is 2.82. The van der Waals surface area contributed by atoms with Gasteiger partial charge in [0.05, 0.1) is 19.3 Å². The van der Waals surface area contributed by atoms with Crippen LogP contribution in [0, 0.1) is 0 Å². The second-order valence-electron chi connectivity index (χ2n) is 6.34. The van der Waals surface area contributed by atoms with Crippen molar-refractivity contribution in [2.24, 2.45) is 4.99 Å². The highest BCUT2D eigenvalue weighted by Gasteiger charge is 2.13. The molecule has 2 rings (SSSR count). The number of hydrogen-bond acceptors (Lipinski definition) is 5. The molecule has 1 aromatic carbocycles. The van der Waals surface area contributed by atoms with Gasteiger partial charge in [-0.05, 0) is 37.6 Å². The summed E-state index contributed by atoms with van der Waals surface area (Å²) < 4.78 is 10.5. The van der Waals surface area contributed by atoms with Crippen LogP contribution >= 0.6 is 24.0 Å². The molecule has 0 radical (unpaired) electrons. The molecule has 3 N–H and O–H groups in total. The van der Waals surface area contributed by atoms with Crippen molar-refractivity contribution in [3.05, 3.63) is 46.8 Å². The molecule has 0 aliphatic heterocycles. The van der Waals surface area contributed by atoms with Crippen molar-refractivity contribution >= 4 is 35.8 Å². The first-order valence-corrected chi connectivity index (χ1v) is 10.0. The minimum atomic E-state index is -0.124. The van der Waals surface area contributed by atoms with E-state index in [1.807, 2.05) is 13.8 Å². The zero-order chi connectivity index (χ0) is 21.1. The van der Waals surface area contributed by atoms with Crippen LogP contribution in [-0.4, -0.2) is 43.8 Å². The average molecular weight is 529 g/mol. The highest BCUT2D eigenvalue weighted by molar-refractivity contribution is 14.0. The molecule has 9 heteroatoms. The number of nitrogens with one attached hydrogen (secondary N) is 3. The number of nitrogens with zero attached hydrogens (tertiary/aromatic N) is 2. The number of aliphatic imine (C=N–C) groups is 1. The lowest BCUT2D eigenvalue weighted by Crippen LogP contribution is -2.41. The number of hydrogen-bond donors (Lipinski definition) is 3. The molecule has 166 valence electrons. The van der Waals surface area contributed by atoms with Crippen molar-refractivity contribution in [1.82, 2.24) is 21.1 Å². The van der Waals surface area contributed by atoms with Crippen LogP contribution < -0.4 is 20.7 Å². The Morgan fingerprint density at radius 3 is 2.37 bits per heavy atom. The molecule has 1 heterocycles. The van der Waals surface area contributed by atoms with Crippen LogP contribution in [0.4, 0.5) is 0 Å².